The average molecular weight is 256 g/mol. The van der Waals surface area contributed by atoms with Crippen LogP contribution in [0.3, 0.4) is 0 Å². The Morgan fingerprint density at radius 1 is 1.47 bits per heavy atom. The molecular weight excluding hydrogens is 245 g/mol. The Hall–Kier alpha value is -1.55. The van der Waals surface area contributed by atoms with Gasteiger partial charge in [0.15, 0.2) is 0 Å². The summed E-state index contributed by atoms with van der Waals surface area (Å²) in [6.45, 7) is 0.815. The van der Waals surface area contributed by atoms with Gasteiger partial charge in [-0.25, -0.2) is 9.18 Å². The van der Waals surface area contributed by atoms with Gasteiger partial charge in [0.2, 0.25) is 0 Å². The number of hydrogen-bond acceptors (Lipinski definition) is 1. The normalized spacial score (nSPS) is 15.6. The van der Waals surface area contributed by atoms with E-state index in [1.54, 1.807) is 12.1 Å². The Labute approximate surface area is 103 Å². The molecule has 90 valence electrons. The number of halogens is 2. The second kappa shape index (κ2) is 4.75. The van der Waals surface area contributed by atoms with Crippen molar-refractivity contribution in [3.63, 3.8) is 0 Å². The van der Waals surface area contributed by atoms with E-state index in [0.29, 0.717) is 19.5 Å². The highest BCUT2D eigenvalue weighted by atomic mass is 35.5. The fraction of sp³-hybridized carbons (Fsp3) is 0.250. The summed E-state index contributed by atoms with van der Waals surface area (Å²) in [7, 11) is 0. The van der Waals surface area contributed by atoms with E-state index in [-0.39, 0.29) is 5.02 Å². The summed E-state index contributed by atoms with van der Waals surface area (Å²) < 4.78 is 13.0. The van der Waals surface area contributed by atoms with E-state index < -0.39 is 11.9 Å². The molecule has 1 aliphatic rings. The van der Waals surface area contributed by atoms with Crippen LogP contribution in [0.15, 0.2) is 24.3 Å². The SMILES string of the molecule is O=C(O)N1CC=C(c2ccc(F)c(Cl)c2)CC1. The number of benzene rings is 1. The van der Waals surface area contributed by atoms with E-state index in [1.165, 1.54) is 11.0 Å². The topological polar surface area (TPSA) is 40.5 Å². The maximum Gasteiger partial charge on any atom is 0.407 e. The lowest BCUT2D eigenvalue weighted by Gasteiger charge is -2.23. The van der Waals surface area contributed by atoms with Crippen LogP contribution in [-0.4, -0.2) is 29.2 Å². The Morgan fingerprint density at radius 2 is 2.24 bits per heavy atom. The first-order chi connectivity index (χ1) is 8.08. The molecule has 1 aromatic carbocycles. The van der Waals surface area contributed by atoms with Crippen LogP contribution in [0.4, 0.5) is 9.18 Å². The molecule has 0 spiro atoms. The van der Waals surface area contributed by atoms with Crippen LogP contribution in [0.2, 0.25) is 5.02 Å². The number of nitrogens with zero attached hydrogens (tertiary/aromatic N) is 1. The second-order valence-corrected chi connectivity index (χ2v) is 4.24. The Kier molecular flexibility index (Phi) is 3.33. The predicted molar refractivity (Wildman–Crippen MR) is 63.6 cm³/mol. The van der Waals surface area contributed by atoms with E-state index in [4.69, 9.17) is 16.7 Å². The van der Waals surface area contributed by atoms with E-state index >= 15 is 0 Å². The molecule has 0 radical (unpaired) electrons. The van der Waals surface area contributed by atoms with Gasteiger partial charge in [-0.05, 0) is 29.7 Å². The minimum atomic E-state index is -0.919. The molecule has 0 aromatic heterocycles. The standard InChI is InChI=1S/C12H11ClFNO2/c13-10-7-9(1-2-11(10)14)8-3-5-15(6-4-8)12(16)17/h1-3,7H,4-6H2,(H,16,17). The van der Waals surface area contributed by atoms with Crippen molar-refractivity contribution in [1.29, 1.82) is 0 Å². The molecule has 0 saturated heterocycles. The fourth-order valence-corrected chi connectivity index (χ4v) is 1.98. The van der Waals surface area contributed by atoms with Crippen LogP contribution >= 0.6 is 11.6 Å². The van der Waals surface area contributed by atoms with Gasteiger partial charge in [-0.15, -0.1) is 0 Å². The summed E-state index contributed by atoms with van der Waals surface area (Å²) in [5, 5.41) is 8.89. The van der Waals surface area contributed by atoms with Gasteiger partial charge >= 0.3 is 6.09 Å². The van der Waals surface area contributed by atoms with Gasteiger partial charge in [-0.1, -0.05) is 23.7 Å². The monoisotopic (exact) mass is 255 g/mol. The second-order valence-electron chi connectivity index (χ2n) is 3.84. The molecule has 0 aliphatic carbocycles. The molecule has 0 saturated carbocycles. The molecule has 2 rings (SSSR count). The Balaban J connectivity index is 2.19. The van der Waals surface area contributed by atoms with Crippen molar-refractivity contribution >= 4 is 23.3 Å². The molecule has 17 heavy (non-hydrogen) atoms. The van der Waals surface area contributed by atoms with Crippen molar-refractivity contribution in [2.24, 2.45) is 0 Å². The largest absolute Gasteiger partial charge is 0.465 e. The minimum absolute atomic E-state index is 0.0871. The van der Waals surface area contributed by atoms with Crippen LogP contribution in [0.25, 0.3) is 5.57 Å². The molecule has 5 heteroatoms. The van der Waals surface area contributed by atoms with E-state index in [2.05, 4.69) is 0 Å². The van der Waals surface area contributed by atoms with Gasteiger partial charge in [0.1, 0.15) is 5.82 Å². The summed E-state index contributed by atoms with van der Waals surface area (Å²) in [5.41, 5.74) is 1.85. The third kappa shape index (κ3) is 2.58. The van der Waals surface area contributed by atoms with Crippen molar-refractivity contribution < 1.29 is 14.3 Å². The van der Waals surface area contributed by atoms with Crippen molar-refractivity contribution in [3.8, 4) is 0 Å². The first-order valence-corrected chi connectivity index (χ1v) is 5.58. The summed E-state index contributed by atoms with van der Waals surface area (Å²) in [6, 6.07) is 4.55. The predicted octanol–water partition coefficient (Wildman–Crippen LogP) is 3.25. The molecule has 0 bridgehead atoms. The first kappa shape index (κ1) is 11.9. The highest BCUT2D eigenvalue weighted by Crippen LogP contribution is 2.26. The summed E-state index contributed by atoms with van der Waals surface area (Å²) in [4.78, 5) is 12.1. The average Bonchev–Trinajstić information content (AvgIpc) is 2.33. The lowest BCUT2D eigenvalue weighted by atomic mass is 10.00. The molecule has 0 fully saturated rings. The lowest BCUT2D eigenvalue weighted by Crippen LogP contribution is -2.33. The van der Waals surface area contributed by atoms with Gasteiger partial charge in [0, 0.05) is 13.1 Å². The summed E-state index contributed by atoms with van der Waals surface area (Å²) in [6.07, 6.45) is 1.53. The van der Waals surface area contributed by atoms with Crippen LogP contribution in [0.1, 0.15) is 12.0 Å². The quantitative estimate of drug-likeness (QED) is 0.837. The summed E-state index contributed by atoms with van der Waals surface area (Å²) >= 11 is 5.71. The number of carbonyl (C=O) groups is 1. The van der Waals surface area contributed by atoms with Crippen molar-refractivity contribution in [1.82, 2.24) is 4.90 Å². The molecule has 1 aliphatic heterocycles. The van der Waals surface area contributed by atoms with Crippen LogP contribution in [0.5, 0.6) is 0 Å². The van der Waals surface area contributed by atoms with Crippen molar-refractivity contribution in [3.05, 3.63) is 40.7 Å². The van der Waals surface area contributed by atoms with Gasteiger partial charge in [-0.2, -0.15) is 0 Å². The van der Waals surface area contributed by atoms with Crippen LogP contribution in [-0.2, 0) is 0 Å². The molecular formula is C12H11ClFNO2. The zero-order valence-corrected chi connectivity index (χ0v) is 9.75. The van der Waals surface area contributed by atoms with E-state index in [0.717, 1.165) is 11.1 Å². The van der Waals surface area contributed by atoms with Gasteiger partial charge in [-0.3, -0.25) is 0 Å². The maximum atomic E-state index is 13.0. The summed E-state index contributed by atoms with van der Waals surface area (Å²) in [5.74, 6) is -0.445. The molecule has 1 aromatic rings. The number of carboxylic acid groups (broad SMARTS) is 1. The highest BCUT2D eigenvalue weighted by molar-refractivity contribution is 6.30. The third-order valence-corrected chi connectivity index (χ3v) is 3.06. The highest BCUT2D eigenvalue weighted by Gasteiger charge is 2.17. The number of hydrogen-bond donors (Lipinski definition) is 1. The molecule has 1 N–H and O–H groups in total. The smallest absolute Gasteiger partial charge is 0.407 e. The Morgan fingerprint density at radius 3 is 2.76 bits per heavy atom. The van der Waals surface area contributed by atoms with E-state index in [9.17, 15) is 9.18 Å². The van der Waals surface area contributed by atoms with Gasteiger partial charge < -0.3 is 10.0 Å². The lowest BCUT2D eigenvalue weighted by molar-refractivity contribution is 0.150. The zero-order chi connectivity index (χ0) is 12.4. The molecule has 1 amide bonds. The third-order valence-electron chi connectivity index (χ3n) is 2.77. The maximum absolute atomic E-state index is 13.0. The molecule has 0 atom stereocenters. The first-order valence-electron chi connectivity index (χ1n) is 5.20. The fourth-order valence-electron chi connectivity index (χ4n) is 1.80. The molecule has 0 unspecified atom stereocenters. The van der Waals surface area contributed by atoms with E-state index in [1.807, 2.05) is 6.08 Å². The number of amides is 1. The number of rotatable bonds is 1. The Bertz CT molecular complexity index is 487. The van der Waals surface area contributed by atoms with Crippen LogP contribution < -0.4 is 0 Å². The van der Waals surface area contributed by atoms with Gasteiger partial charge in [0.25, 0.3) is 0 Å². The molecule has 3 nitrogen and oxygen atoms in total. The van der Waals surface area contributed by atoms with Crippen LogP contribution in [0, 0.1) is 5.82 Å². The minimum Gasteiger partial charge on any atom is -0.465 e. The van der Waals surface area contributed by atoms with Crippen molar-refractivity contribution in [2.45, 2.75) is 6.42 Å². The van der Waals surface area contributed by atoms with Crippen molar-refractivity contribution in [2.75, 3.05) is 13.1 Å². The van der Waals surface area contributed by atoms with Gasteiger partial charge in [0.05, 0.1) is 5.02 Å². The zero-order valence-electron chi connectivity index (χ0n) is 8.99. The molecule has 1 heterocycles.